The van der Waals surface area contributed by atoms with Crippen molar-refractivity contribution in [1.29, 1.82) is 0 Å². The van der Waals surface area contributed by atoms with E-state index in [1.165, 1.54) is 36.2 Å². The van der Waals surface area contributed by atoms with E-state index in [1.807, 2.05) is 19.1 Å². The van der Waals surface area contributed by atoms with Gasteiger partial charge in [0.25, 0.3) is 0 Å². The van der Waals surface area contributed by atoms with Gasteiger partial charge in [-0.3, -0.25) is 4.79 Å². The molecule has 2 atom stereocenters. The van der Waals surface area contributed by atoms with Crippen molar-refractivity contribution in [2.45, 2.75) is 40.7 Å². The fourth-order valence-electron chi connectivity index (χ4n) is 5.44. The number of sulfone groups is 1. The number of aromatic amines is 2. The van der Waals surface area contributed by atoms with Crippen LogP contribution in [0.1, 0.15) is 31.5 Å². The number of aromatic nitrogens is 3. The average molecular weight is 658 g/mol. The quantitative estimate of drug-likeness (QED) is 0.122. The number of carboxylic acid groups (broad SMARTS) is 1. The molecule has 3 aromatic carbocycles. The molecule has 3 heterocycles. The van der Waals surface area contributed by atoms with Gasteiger partial charge in [0.05, 0.1) is 22.6 Å². The summed E-state index contributed by atoms with van der Waals surface area (Å²) >= 11 is 1.17. The highest BCUT2D eigenvalue weighted by Gasteiger charge is 2.38. The predicted molar refractivity (Wildman–Crippen MR) is 161 cm³/mol. The van der Waals surface area contributed by atoms with E-state index in [0.29, 0.717) is 29.4 Å². The van der Waals surface area contributed by atoms with Gasteiger partial charge >= 0.3 is 5.97 Å². The van der Waals surface area contributed by atoms with Crippen LogP contribution >= 0.6 is 11.8 Å². The number of hydrogen-bond donors (Lipinski definition) is 3. The smallest absolute Gasteiger partial charge is 0.316 e. The van der Waals surface area contributed by atoms with Gasteiger partial charge < -0.3 is 24.5 Å². The predicted octanol–water partition coefficient (Wildman–Crippen LogP) is 6.82. The van der Waals surface area contributed by atoms with Crippen LogP contribution in [0.2, 0.25) is 0 Å². The standard InChI is InChI=1S/C31H26F3N3O6S2/c1-15(30(38)39)44-21-6-4-5-19-26(21)42-12-10-31(19,2)22-14-36-29(37-22)18-13-16(7-8-20(18)32)43-27-24(34)23(33)25-17(9-11-35-25)28(27)45(3,40)41/h4-9,11,13-15,35H,10,12H2,1-3H3,(H,36,37)(H,38,39). The number of aliphatic carboxylic acids is 1. The maximum absolute atomic E-state index is 15.2. The van der Waals surface area contributed by atoms with Gasteiger partial charge in [-0.15, -0.1) is 11.8 Å². The topological polar surface area (TPSA) is 134 Å². The molecule has 6 rings (SSSR count). The van der Waals surface area contributed by atoms with Crippen molar-refractivity contribution in [3.63, 3.8) is 0 Å². The highest BCUT2D eigenvalue weighted by molar-refractivity contribution is 8.00. The first-order chi connectivity index (χ1) is 21.3. The van der Waals surface area contributed by atoms with E-state index in [4.69, 9.17) is 9.47 Å². The molecule has 0 fully saturated rings. The van der Waals surface area contributed by atoms with Crippen LogP contribution in [-0.2, 0) is 20.0 Å². The Labute approximate surface area is 259 Å². The number of rotatable bonds is 8. The number of H-pyrrole nitrogens is 2. The number of nitrogens with one attached hydrogen (secondary N) is 2. The molecule has 0 bridgehead atoms. The van der Waals surface area contributed by atoms with E-state index >= 15 is 8.78 Å². The monoisotopic (exact) mass is 657 g/mol. The Kier molecular flexibility index (Phi) is 7.60. The van der Waals surface area contributed by atoms with Gasteiger partial charge in [-0.05, 0) is 50.6 Å². The summed E-state index contributed by atoms with van der Waals surface area (Å²) in [6.45, 7) is 3.90. The highest BCUT2D eigenvalue weighted by Crippen LogP contribution is 2.48. The number of nitrogens with zero attached hydrogens (tertiary/aromatic N) is 1. The lowest BCUT2D eigenvalue weighted by molar-refractivity contribution is -0.136. The largest absolute Gasteiger partial charge is 0.492 e. The summed E-state index contributed by atoms with van der Waals surface area (Å²) < 4.78 is 82.1. The van der Waals surface area contributed by atoms with Crippen LogP contribution in [0, 0.1) is 17.5 Å². The number of imidazole rings is 1. The van der Waals surface area contributed by atoms with Crippen molar-refractivity contribution in [3.8, 4) is 28.6 Å². The second-order valence-electron chi connectivity index (χ2n) is 10.9. The zero-order valence-corrected chi connectivity index (χ0v) is 25.7. The summed E-state index contributed by atoms with van der Waals surface area (Å²) in [5, 5.41) is 8.60. The van der Waals surface area contributed by atoms with Crippen molar-refractivity contribution >= 4 is 38.5 Å². The number of para-hydroxylation sites is 1. The number of halogens is 3. The number of benzene rings is 3. The number of carboxylic acids is 1. The minimum atomic E-state index is -4.10. The van der Waals surface area contributed by atoms with Gasteiger partial charge in [0, 0.05) is 40.7 Å². The lowest BCUT2D eigenvalue weighted by atomic mass is 9.75. The molecule has 3 N–H and O–H groups in total. The second-order valence-corrected chi connectivity index (χ2v) is 14.2. The summed E-state index contributed by atoms with van der Waals surface area (Å²) in [4.78, 5) is 21.7. The minimum absolute atomic E-state index is 0.0567. The normalized spacial score (nSPS) is 17.1. The highest BCUT2D eigenvalue weighted by atomic mass is 32.2. The molecule has 1 aliphatic heterocycles. The first-order valence-electron chi connectivity index (χ1n) is 13.7. The first kappa shape index (κ1) is 30.6. The molecular weight excluding hydrogens is 631 g/mol. The molecule has 2 aromatic heterocycles. The second kappa shape index (κ2) is 11.2. The lowest BCUT2D eigenvalue weighted by Crippen LogP contribution is -2.32. The van der Waals surface area contributed by atoms with Crippen LogP contribution in [0.25, 0.3) is 22.3 Å². The van der Waals surface area contributed by atoms with Crippen LogP contribution in [0.3, 0.4) is 0 Å². The maximum atomic E-state index is 15.2. The Morgan fingerprint density at radius 1 is 1.18 bits per heavy atom. The third-order valence-electron chi connectivity index (χ3n) is 7.84. The average Bonchev–Trinajstić information content (AvgIpc) is 3.68. The summed E-state index contributed by atoms with van der Waals surface area (Å²) in [7, 11) is -4.10. The van der Waals surface area contributed by atoms with Gasteiger partial charge in [-0.2, -0.15) is 4.39 Å². The van der Waals surface area contributed by atoms with Gasteiger partial charge in [0.15, 0.2) is 21.4 Å². The van der Waals surface area contributed by atoms with Crippen LogP contribution in [-0.4, -0.2) is 52.6 Å². The summed E-state index contributed by atoms with van der Waals surface area (Å²) in [6.07, 6.45) is 4.23. The van der Waals surface area contributed by atoms with Crippen LogP contribution in [0.15, 0.2) is 64.6 Å². The van der Waals surface area contributed by atoms with E-state index in [1.54, 1.807) is 19.2 Å². The van der Waals surface area contributed by atoms with Crippen molar-refractivity contribution in [1.82, 2.24) is 15.0 Å². The number of hydrogen-bond acceptors (Lipinski definition) is 7. The first-order valence-corrected chi connectivity index (χ1v) is 16.4. The van der Waals surface area contributed by atoms with E-state index in [-0.39, 0.29) is 28.0 Å². The number of fused-ring (bicyclic) bond motifs is 2. The van der Waals surface area contributed by atoms with Crippen LogP contribution in [0.5, 0.6) is 17.2 Å². The van der Waals surface area contributed by atoms with Crippen LogP contribution < -0.4 is 9.47 Å². The van der Waals surface area contributed by atoms with E-state index in [9.17, 15) is 22.7 Å². The Balaban J connectivity index is 1.38. The minimum Gasteiger partial charge on any atom is -0.492 e. The molecule has 45 heavy (non-hydrogen) atoms. The third-order valence-corrected chi connectivity index (χ3v) is 10.1. The van der Waals surface area contributed by atoms with Gasteiger partial charge in [-0.25, -0.2) is 22.2 Å². The Morgan fingerprint density at radius 3 is 2.69 bits per heavy atom. The van der Waals surface area contributed by atoms with E-state index < -0.39 is 54.6 Å². The Morgan fingerprint density at radius 2 is 1.96 bits per heavy atom. The van der Waals surface area contributed by atoms with Gasteiger partial charge in [0.2, 0.25) is 5.82 Å². The van der Waals surface area contributed by atoms with Crippen molar-refractivity contribution < 1.29 is 41.0 Å². The number of ether oxygens (including phenoxy) is 2. The van der Waals surface area contributed by atoms with Crippen molar-refractivity contribution in [3.05, 3.63) is 83.6 Å². The van der Waals surface area contributed by atoms with Gasteiger partial charge in [0.1, 0.15) is 33.3 Å². The van der Waals surface area contributed by atoms with Gasteiger partial charge in [-0.1, -0.05) is 12.1 Å². The van der Waals surface area contributed by atoms with Crippen molar-refractivity contribution in [2.75, 3.05) is 12.9 Å². The number of thioether (sulfide) groups is 1. The molecule has 0 amide bonds. The third kappa shape index (κ3) is 5.31. The molecule has 0 saturated carbocycles. The van der Waals surface area contributed by atoms with Crippen molar-refractivity contribution in [2.24, 2.45) is 0 Å². The molecule has 2 unspecified atom stereocenters. The van der Waals surface area contributed by atoms with E-state index in [0.717, 1.165) is 17.9 Å². The lowest BCUT2D eigenvalue weighted by Gasteiger charge is -2.36. The summed E-state index contributed by atoms with van der Waals surface area (Å²) in [5.41, 5.74) is 0.387. The Bertz CT molecular complexity index is 2100. The molecule has 0 aliphatic carbocycles. The molecule has 5 aromatic rings. The molecule has 0 radical (unpaired) electrons. The fourth-order valence-corrected chi connectivity index (χ4v) is 7.39. The number of carbonyl (C=O) groups is 1. The zero-order chi connectivity index (χ0) is 32.3. The fraction of sp³-hybridized carbons (Fsp3) is 0.226. The Hall–Kier alpha value is -4.43. The summed E-state index contributed by atoms with van der Waals surface area (Å²) in [6, 6.07) is 10.2. The molecule has 1 aliphatic rings. The maximum Gasteiger partial charge on any atom is 0.316 e. The summed E-state index contributed by atoms with van der Waals surface area (Å²) in [5.74, 6) is -4.81. The van der Waals surface area contributed by atoms with Crippen LogP contribution in [0.4, 0.5) is 13.2 Å². The zero-order valence-electron chi connectivity index (χ0n) is 24.1. The SMILES string of the molecule is CC(Sc1cccc2c1OCCC2(C)c1cnc(-c2cc(Oc3c(F)c(F)c4[nH]ccc4c3S(C)(=O)=O)ccc2F)[nH]1)C(=O)O. The molecule has 9 nitrogen and oxygen atoms in total. The molecule has 0 saturated heterocycles. The molecule has 14 heteroatoms. The molecule has 234 valence electrons. The molecular formula is C31H26F3N3O6S2. The molecule has 0 spiro atoms. The van der Waals surface area contributed by atoms with E-state index in [2.05, 4.69) is 15.0 Å².